The van der Waals surface area contributed by atoms with Crippen LogP contribution >= 0.6 is 11.6 Å². The molecule has 0 bridgehead atoms. The summed E-state index contributed by atoms with van der Waals surface area (Å²) in [6.07, 6.45) is 7.00. The lowest BCUT2D eigenvalue weighted by molar-refractivity contribution is -0.0574. The average molecular weight is 526 g/mol. The fourth-order valence-electron chi connectivity index (χ4n) is 5.22. The van der Waals surface area contributed by atoms with Crippen LogP contribution in [-0.4, -0.2) is 64.8 Å². The van der Waals surface area contributed by atoms with Crippen molar-refractivity contribution in [1.29, 1.82) is 5.26 Å². The van der Waals surface area contributed by atoms with Crippen molar-refractivity contribution in [3.63, 3.8) is 0 Å². The number of aliphatic hydroxyl groups excluding tert-OH is 1. The van der Waals surface area contributed by atoms with E-state index in [-0.39, 0.29) is 36.4 Å². The second-order valence-corrected chi connectivity index (χ2v) is 10.6. The minimum atomic E-state index is -0.216. The van der Waals surface area contributed by atoms with Crippen LogP contribution in [0.1, 0.15) is 67.4 Å². The van der Waals surface area contributed by atoms with E-state index in [4.69, 9.17) is 26.3 Å². The molecule has 2 N–H and O–H groups in total. The molecule has 2 aromatic rings. The summed E-state index contributed by atoms with van der Waals surface area (Å²) in [5.41, 5.74) is 0.736. The number of nitriles is 1. The summed E-state index contributed by atoms with van der Waals surface area (Å²) < 4.78 is 12.2. The Morgan fingerprint density at radius 1 is 1.00 bits per heavy atom. The topological polar surface area (TPSA) is 121 Å². The summed E-state index contributed by atoms with van der Waals surface area (Å²) in [4.78, 5) is 14.8. The molecule has 10 heteroatoms. The van der Waals surface area contributed by atoms with Gasteiger partial charge in [-0.2, -0.15) is 5.26 Å². The van der Waals surface area contributed by atoms with Crippen LogP contribution in [0.5, 0.6) is 5.75 Å². The zero-order valence-electron chi connectivity index (χ0n) is 20.7. The fourth-order valence-corrected chi connectivity index (χ4v) is 5.43. The van der Waals surface area contributed by atoms with Crippen molar-refractivity contribution < 1.29 is 19.4 Å². The summed E-state index contributed by atoms with van der Waals surface area (Å²) >= 11 is 6.09. The Labute approximate surface area is 221 Å². The van der Waals surface area contributed by atoms with Crippen molar-refractivity contribution in [3.8, 4) is 11.8 Å². The quantitative estimate of drug-likeness (QED) is 0.562. The number of nitrogens with zero attached hydrogens (tertiary/aromatic N) is 4. The summed E-state index contributed by atoms with van der Waals surface area (Å²) in [6.45, 7) is 1.53. The smallest absolute Gasteiger partial charge is 0.272 e. The highest BCUT2D eigenvalue weighted by molar-refractivity contribution is 6.31. The van der Waals surface area contributed by atoms with Gasteiger partial charge < -0.3 is 24.8 Å². The number of nitrogens with one attached hydrogen (secondary N) is 1. The normalized spacial score (nSPS) is 26.1. The molecule has 37 heavy (non-hydrogen) atoms. The van der Waals surface area contributed by atoms with Crippen molar-refractivity contribution in [2.45, 2.75) is 81.8 Å². The van der Waals surface area contributed by atoms with Gasteiger partial charge in [-0.15, -0.1) is 10.2 Å². The number of hydrogen-bond donors (Lipinski definition) is 2. The molecule has 0 atom stereocenters. The summed E-state index contributed by atoms with van der Waals surface area (Å²) in [7, 11) is 0. The van der Waals surface area contributed by atoms with E-state index in [9.17, 15) is 9.90 Å². The minimum Gasteiger partial charge on any atom is -0.490 e. The molecule has 2 aliphatic carbocycles. The number of carbonyl (C=O) groups excluding carboxylic acids is 1. The van der Waals surface area contributed by atoms with Crippen LogP contribution in [0, 0.1) is 11.3 Å². The number of ether oxygens (including phenoxy) is 2. The highest BCUT2D eigenvalue weighted by Crippen LogP contribution is 2.28. The van der Waals surface area contributed by atoms with Gasteiger partial charge in [0.1, 0.15) is 11.8 Å². The number of aromatic nitrogens is 2. The summed E-state index contributed by atoms with van der Waals surface area (Å²) in [5, 5.41) is 30.5. The van der Waals surface area contributed by atoms with E-state index in [0.29, 0.717) is 22.0 Å². The number of hydrogen-bond acceptors (Lipinski definition) is 8. The highest BCUT2D eigenvalue weighted by atomic mass is 35.5. The van der Waals surface area contributed by atoms with Crippen LogP contribution in [0.2, 0.25) is 5.02 Å². The Bertz CT molecular complexity index is 1120. The fraction of sp³-hybridized carbons (Fsp3) is 0.556. The van der Waals surface area contributed by atoms with Crippen molar-refractivity contribution in [1.82, 2.24) is 15.5 Å². The lowest BCUT2D eigenvalue weighted by Crippen LogP contribution is -2.54. The summed E-state index contributed by atoms with van der Waals surface area (Å²) in [6, 6.07) is 10.8. The molecular formula is C27H32ClN5O4. The maximum Gasteiger partial charge on any atom is 0.272 e. The first-order chi connectivity index (χ1) is 18.0. The Balaban J connectivity index is 1.03. The second-order valence-electron chi connectivity index (χ2n) is 10.2. The third kappa shape index (κ3) is 6.50. The predicted octanol–water partition coefficient (Wildman–Crippen LogP) is 3.63. The molecule has 3 aliphatic rings. The monoisotopic (exact) mass is 525 g/mol. The SMILES string of the molecule is N#Cc1ccc(OC2CCC(NC(=O)c3ccc(N4CC(OC5CCC(O)CC5)C4)nn3)CC2)cc1Cl. The van der Waals surface area contributed by atoms with Crippen molar-refractivity contribution >= 4 is 23.3 Å². The van der Waals surface area contributed by atoms with Gasteiger partial charge in [-0.05, 0) is 75.6 Å². The largest absolute Gasteiger partial charge is 0.490 e. The number of rotatable bonds is 7. The molecule has 9 nitrogen and oxygen atoms in total. The molecule has 5 rings (SSSR count). The number of aliphatic hydroxyl groups is 1. The number of amides is 1. The Morgan fingerprint density at radius 3 is 2.38 bits per heavy atom. The first-order valence-electron chi connectivity index (χ1n) is 13.1. The van der Waals surface area contributed by atoms with Crippen LogP contribution in [0.3, 0.4) is 0 Å². The van der Waals surface area contributed by atoms with Gasteiger partial charge in [0.2, 0.25) is 0 Å². The Morgan fingerprint density at radius 2 is 1.73 bits per heavy atom. The number of benzene rings is 1. The highest BCUT2D eigenvalue weighted by Gasteiger charge is 2.32. The molecular weight excluding hydrogens is 494 g/mol. The van der Waals surface area contributed by atoms with E-state index >= 15 is 0 Å². The van der Waals surface area contributed by atoms with Gasteiger partial charge >= 0.3 is 0 Å². The molecule has 1 amide bonds. The lowest BCUT2D eigenvalue weighted by atomic mass is 9.93. The molecule has 2 heterocycles. The van der Waals surface area contributed by atoms with Crippen LogP contribution < -0.4 is 15.0 Å². The van der Waals surface area contributed by atoms with Crippen LogP contribution in [0.15, 0.2) is 30.3 Å². The number of carbonyl (C=O) groups is 1. The third-order valence-electron chi connectivity index (χ3n) is 7.46. The maximum atomic E-state index is 12.7. The van der Waals surface area contributed by atoms with Crippen molar-refractivity contribution in [2.75, 3.05) is 18.0 Å². The van der Waals surface area contributed by atoms with Crippen LogP contribution in [0.4, 0.5) is 5.82 Å². The van der Waals surface area contributed by atoms with Gasteiger partial charge in [0.05, 0.1) is 35.0 Å². The first-order valence-corrected chi connectivity index (χ1v) is 13.4. The van der Waals surface area contributed by atoms with Crippen molar-refractivity contribution in [3.05, 3.63) is 46.6 Å². The Hall–Kier alpha value is -2.93. The standard InChI is InChI=1S/C27H32ClN5O4/c28-24-13-22(6-1-17(24)14-29)36-20-7-2-18(3-8-20)30-27(35)25-11-12-26(32-31-25)33-15-23(16-33)37-21-9-4-19(34)5-10-21/h1,6,11-13,18-21,23,34H,2-5,7-10,15-16H2,(H,30,35). The second kappa shape index (κ2) is 11.6. The summed E-state index contributed by atoms with van der Waals surface area (Å²) in [5.74, 6) is 1.18. The van der Waals surface area contributed by atoms with Gasteiger partial charge in [-0.1, -0.05) is 11.6 Å². The predicted molar refractivity (Wildman–Crippen MR) is 138 cm³/mol. The van der Waals surface area contributed by atoms with Gasteiger partial charge in [0.15, 0.2) is 11.5 Å². The third-order valence-corrected chi connectivity index (χ3v) is 7.77. The molecule has 0 radical (unpaired) electrons. The molecule has 196 valence electrons. The average Bonchev–Trinajstić information content (AvgIpc) is 2.88. The molecule has 1 saturated heterocycles. The molecule has 1 aromatic heterocycles. The van der Waals surface area contributed by atoms with Gasteiger partial charge in [-0.25, -0.2) is 0 Å². The molecule has 0 unspecified atom stereocenters. The molecule has 2 saturated carbocycles. The maximum absolute atomic E-state index is 12.7. The number of anilines is 1. The minimum absolute atomic E-state index is 0.0465. The van der Waals surface area contributed by atoms with Gasteiger partial charge in [0, 0.05) is 25.2 Å². The molecule has 1 aliphatic heterocycles. The van der Waals surface area contributed by atoms with Gasteiger partial charge in [-0.3, -0.25) is 4.79 Å². The van der Waals surface area contributed by atoms with E-state index in [1.165, 1.54) is 0 Å². The lowest BCUT2D eigenvalue weighted by Gasteiger charge is -2.42. The van der Waals surface area contributed by atoms with E-state index in [0.717, 1.165) is 70.3 Å². The molecule has 3 fully saturated rings. The molecule has 1 aromatic carbocycles. The van der Waals surface area contributed by atoms with E-state index < -0.39 is 0 Å². The van der Waals surface area contributed by atoms with Crippen LogP contribution in [0.25, 0.3) is 0 Å². The Kier molecular flexibility index (Phi) is 8.08. The zero-order chi connectivity index (χ0) is 25.8. The van der Waals surface area contributed by atoms with E-state index in [2.05, 4.69) is 20.4 Å². The van der Waals surface area contributed by atoms with E-state index in [1.54, 1.807) is 24.3 Å². The molecule has 0 spiro atoms. The zero-order valence-corrected chi connectivity index (χ0v) is 21.4. The van der Waals surface area contributed by atoms with Crippen LogP contribution in [-0.2, 0) is 4.74 Å². The van der Waals surface area contributed by atoms with Gasteiger partial charge in [0.25, 0.3) is 5.91 Å². The first kappa shape index (κ1) is 25.7. The van der Waals surface area contributed by atoms with Crippen molar-refractivity contribution in [2.24, 2.45) is 0 Å². The van der Waals surface area contributed by atoms with E-state index in [1.807, 2.05) is 12.1 Å². The number of halogens is 1.